The van der Waals surface area contributed by atoms with Crippen molar-refractivity contribution in [2.75, 3.05) is 13.1 Å². The van der Waals surface area contributed by atoms with Crippen molar-refractivity contribution in [2.24, 2.45) is 5.92 Å². The molecule has 3 rings (SSSR count). The van der Waals surface area contributed by atoms with Crippen molar-refractivity contribution < 1.29 is 13.9 Å². The molecule has 0 saturated carbocycles. The van der Waals surface area contributed by atoms with Crippen LogP contribution in [0.1, 0.15) is 44.7 Å². The topological polar surface area (TPSA) is 50.4 Å². The fourth-order valence-electron chi connectivity index (χ4n) is 3.59. The van der Waals surface area contributed by atoms with Crippen LogP contribution in [0.15, 0.2) is 42.5 Å². The number of hydrogen-bond acceptors (Lipinski definition) is 4. The lowest BCUT2D eigenvalue weighted by Gasteiger charge is -2.27. The van der Waals surface area contributed by atoms with Crippen LogP contribution in [-0.4, -0.2) is 24.9 Å². The molecule has 4 nitrogen and oxygen atoms in total. The highest BCUT2D eigenvalue weighted by atomic mass is 35.5. The summed E-state index contributed by atoms with van der Waals surface area (Å²) in [6.45, 7) is 5.80. The molecule has 0 spiro atoms. The predicted molar refractivity (Wildman–Crippen MR) is 114 cm³/mol. The minimum Gasteiger partial charge on any atom is -0.453 e. The third-order valence-electron chi connectivity index (χ3n) is 5.23. The summed E-state index contributed by atoms with van der Waals surface area (Å²) in [7, 11) is 0. The number of Topliss-reactive ketones (excluding diaryl/α,β-unsaturated/α-hetero) is 1. The molecule has 0 bridgehead atoms. The second kappa shape index (κ2) is 10.2. The van der Waals surface area contributed by atoms with E-state index in [0.717, 1.165) is 13.1 Å². The minimum atomic E-state index is -0.472. The maximum Gasteiger partial charge on any atom is 0.181 e. The Morgan fingerprint density at radius 3 is 2.62 bits per heavy atom. The van der Waals surface area contributed by atoms with Gasteiger partial charge in [-0.2, -0.15) is 0 Å². The quantitative estimate of drug-likeness (QED) is 0.552. The number of benzene rings is 2. The third kappa shape index (κ3) is 5.78. The van der Waals surface area contributed by atoms with E-state index in [0.29, 0.717) is 36.5 Å². The first-order chi connectivity index (χ1) is 14.0. The van der Waals surface area contributed by atoms with Crippen molar-refractivity contribution in [1.82, 2.24) is 10.6 Å². The Bertz CT molecular complexity index is 827. The number of ketones is 1. The van der Waals surface area contributed by atoms with Crippen molar-refractivity contribution in [3.05, 3.63) is 58.9 Å². The molecule has 0 radical (unpaired) electrons. The number of carbonyl (C=O) groups is 1. The van der Waals surface area contributed by atoms with Crippen molar-refractivity contribution in [2.45, 2.75) is 45.2 Å². The molecule has 2 N–H and O–H groups in total. The second-order valence-corrected chi connectivity index (χ2v) is 8.10. The summed E-state index contributed by atoms with van der Waals surface area (Å²) in [5.74, 6) is 0.784. The molecule has 1 fully saturated rings. The summed E-state index contributed by atoms with van der Waals surface area (Å²) in [6, 6.07) is 12.1. The number of rotatable bonds is 10. The fraction of sp³-hybridized carbons (Fsp3) is 0.435. The van der Waals surface area contributed by atoms with Crippen molar-refractivity contribution in [3.63, 3.8) is 0 Å². The van der Waals surface area contributed by atoms with Gasteiger partial charge in [-0.3, -0.25) is 4.79 Å². The van der Waals surface area contributed by atoms with Crippen LogP contribution in [0.4, 0.5) is 4.39 Å². The van der Waals surface area contributed by atoms with Gasteiger partial charge in [0.2, 0.25) is 0 Å². The molecule has 1 aliphatic rings. The lowest BCUT2D eigenvalue weighted by Crippen LogP contribution is -2.43. The van der Waals surface area contributed by atoms with E-state index in [9.17, 15) is 4.79 Å². The van der Waals surface area contributed by atoms with E-state index >= 15 is 4.39 Å². The van der Waals surface area contributed by atoms with Crippen molar-refractivity contribution in [3.8, 4) is 11.5 Å². The second-order valence-electron chi connectivity index (χ2n) is 7.69. The molecular weight excluding hydrogens is 391 g/mol. The number of nitrogens with one attached hydrogen (secondary N) is 2. The summed E-state index contributed by atoms with van der Waals surface area (Å²) in [5.41, 5.74) is 0.491. The van der Waals surface area contributed by atoms with E-state index < -0.39 is 5.82 Å². The van der Waals surface area contributed by atoms with Gasteiger partial charge in [0.05, 0.1) is 5.02 Å². The third-order valence-corrected chi connectivity index (χ3v) is 5.53. The summed E-state index contributed by atoms with van der Waals surface area (Å²) in [5, 5.41) is 6.81. The molecule has 29 heavy (non-hydrogen) atoms. The molecule has 0 aliphatic carbocycles. The Hall–Kier alpha value is -1.95. The zero-order chi connectivity index (χ0) is 20.8. The first-order valence-electron chi connectivity index (χ1n) is 10.2. The zero-order valence-corrected chi connectivity index (χ0v) is 17.6. The highest BCUT2D eigenvalue weighted by molar-refractivity contribution is 6.32. The molecule has 0 unspecified atom stereocenters. The Balaban J connectivity index is 1.69. The lowest BCUT2D eigenvalue weighted by atomic mass is 9.94. The highest BCUT2D eigenvalue weighted by Crippen LogP contribution is 2.36. The van der Waals surface area contributed by atoms with Crippen LogP contribution >= 0.6 is 11.6 Å². The first kappa shape index (κ1) is 21.8. The monoisotopic (exact) mass is 418 g/mol. The van der Waals surface area contributed by atoms with E-state index in [-0.39, 0.29) is 28.6 Å². The van der Waals surface area contributed by atoms with E-state index in [2.05, 4.69) is 10.6 Å². The number of hydrogen-bond donors (Lipinski definition) is 2. The molecule has 2 aromatic carbocycles. The summed E-state index contributed by atoms with van der Waals surface area (Å²) >= 11 is 6.21. The van der Waals surface area contributed by atoms with Crippen LogP contribution in [0.3, 0.4) is 0 Å². The Morgan fingerprint density at radius 2 is 2.00 bits per heavy atom. The summed E-state index contributed by atoms with van der Waals surface area (Å²) in [6.07, 6.45) is 1.73. The maximum atomic E-state index is 15.3. The van der Waals surface area contributed by atoms with E-state index in [1.807, 2.05) is 32.0 Å². The van der Waals surface area contributed by atoms with Crippen LogP contribution in [0, 0.1) is 11.7 Å². The van der Waals surface area contributed by atoms with Gasteiger partial charge in [-0.25, -0.2) is 4.39 Å². The first-order valence-corrected chi connectivity index (χ1v) is 10.5. The van der Waals surface area contributed by atoms with Crippen LogP contribution < -0.4 is 15.4 Å². The predicted octanol–water partition coefficient (Wildman–Crippen LogP) is 5.27. The average Bonchev–Trinajstić information content (AvgIpc) is 2.67. The molecule has 1 heterocycles. The van der Waals surface area contributed by atoms with E-state index in [1.54, 1.807) is 24.3 Å². The van der Waals surface area contributed by atoms with Gasteiger partial charge in [-0.05, 0) is 50.6 Å². The smallest absolute Gasteiger partial charge is 0.181 e. The molecule has 6 heteroatoms. The molecular formula is C23H28ClFN2O2. The summed E-state index contributed by atoms with van der Waals surface area (Å²) in [4.78, 5) is 12.3. The molecule has 2 aromatic rings. The van der Waals surface area contributed by atoms with Gasteiger partial charge < -0.3 is 15.4 Å². The van der Waals surface area contributed by atoms with Gasteiger partial charge >= 0.3 is 0 Å². The van der Waals surface area contributed by atoms with Gasteiger partial charge in [0.1, 0.15) is 11.5 Å². The van der Waals surface area contributed by atoms with Crippen molar-refractivity contribution in [1.29, 1.82) is 0 Å². The van der Waals surface area contributed by atoms with Crippen molar-refractivity contribution >= 4 is 17.4 Å². The SMILES string of the molecule is CC[C@@H](N[C@@H](C)CC(=O)CC1CNC1)c1ccc(Cl)c(Oc2ccccc2)c1F. The molecule has 1 aliphatic heterocycles. The zero-order valence-electron chi connectivity index (χ0n) is 16.9. The van der Waals surface area contributed by atoms with Crippen LogP contribution in [0.2, 0.25) is 5.02 Å². The van der Waals surface area contributed by atoms with Gasteiger partial charge in [0.25, 0.3) is 0 Å². The number of halogens is 2. The Kier molecular flexibility index (Phi) is 7.64. The van der Waals surface area contributed by atoms with Crippen LogP contribution in [-0.2, 0) is 4.79 Å². The lowest BCUT2D eigenvalue weighted by molar-refractivity contribution is -0.120. The van der Waals surface area contributed by atoms with Gasteiger partial charge in [-0.15, -0.1) is 0 Å². The molecule has 0 aromatic heterocycles. The fourth-order valence-corrected chi connectivity index (χ4v) is 3.77. The Morgan fingerprint density at radius 1 is 1.28 bits per heavy atom. The number of ether oxygens (including phenoxy) is 1. The normalized spacial score (nSPS) is 16.1. The van der Waals surface area contributed by atoms with Gasteiger partial charge in [-0.1, -0.05) is 42.8 Å². The van der Waals surface area contributed by atoms with Crippen LogP contribution in [0.5, 0.6) is 11.5 Å². The average molecular weight is 419 g/mol. The molecule has 2 atom stereocenters. The number of carbonyl (C=O) groups excluding carboxylic acids is 1. The minimum absolute atomic E-state index is 0.0248. The molecule has 156 valence electrons. The van der Waals surface area contributed by atoms with Gasteiger partial charge in [0.15, 0.2) is 11.6 Å². The van der Waals surface area contributed by atoms with Gasteiger partial charge in [0, 0.05) is 30.5 Å². The van der Waals surface area contributed by atoms with Crippen LogP contribution in [0.25, 0.3) is 0 Å². The highest BCUT2D eigenvalue weighted by Gasteiger charge is 2.24. The molecule has 0 amide bonds. The standard InChI is InChI=1S/C23H28ClFN2O2/c1-3-21(27-15(2)11-17(28)12-16-13-26-14-16)19-9-10-20(24)23(22(19)25)29-18-7-5-4-6-8-18/h4-10,15-16,21,26-27H,3,11-14H2,1-2H3/t15-,21+/m0/s1. The molecule has 1 saturated heterocycles. The summed E-state index contributed by atoms with van der Waals surface area (Å²) < 4.78 is 21.0. The van der Waals surface area contributed by atoms with E-state index in [4.69, 9.17) is 16.3 Å². The number of para-hydroxylation sites is 1. The van der Waals surface area contributed by atoms with E-state index in [1.165, 1.54) is 0 Å². The maximum absolute atomic E-state index is 15.3. The largest absolute Gasteiger partial charge is 0.453 e. The Labute approximate surface area is 176 Å².